The molecule has 1 rings (SSSR count). The van der Waals surface area contributed by atoms with Crippen molar-refractivity contribution in [2.24, 2.45) is 5.92 Å². The highest BCUT2D eigenvalue weighted by Gasteiger charge is 2.50. The Morgan fingerprint density at radius 2 is 1.39 bits per heavy atom. The van der Waals surface area contributed by atoms with Gasteiger partial charge in [-0.25, -0.2) is 13.8 Å². The summed E-state index contributed by atoms with van der Waals surface area (Å²) in [5, 5.41) is 18.4. The first kappa shape index (κ1) is 19.5. The maximum absolute atomic E-state index is 13.7. The van der Waals surface area contributed by atoms with Crippen molar-refractivity contribution in [3.63, 3.8) is 0 Å². The zero-order chi connectivity index (χ0) is 18.3. The number of hydrogen-bond acceptors (Lipinski definition) is 3. The Morgan fingerprint density at radius 1 is 0.913 bits per heavy atom. The molecule has 0 aliphatic heterocycles. The number of aliphatic hydroxyl groups excluding tert-OH is 2. The normalized spacial score (nSPS) is 17.0. The standard InChI is InChI=1S/C11H8F9NO2/c1-2(22)4(10(15,16)17)7(23)3-5(12)8(11(18,19)20)21-9(14)6(3)13/h2,4,7,22-23H,1H3. The summed E-state index contributed by atoms with van der Waals surface area (Å²) in [4.78, 5) is 1.96. The predicted molar refractivity (Wildman–Crippen MR) is 55.3 cm³/mol. The van der Waals surface area contributed by atoms with Crippen LogP contribution in [0.2, 0.25) is 0 Å². The van der Waals surface area contributed by atoms with Crippen LogP contribution in [0.4, 0.5) is 39.5 Å². The summed E-state index contributed by atoms with van der Waals surface area (Å²) in [5.74, 6) is -11.0. The molecule has 3 nitrogen and oxygen atoms in total. The van der Waals surface area contributed by atoms with Gasteiger partial charge >= 0.3 is 12.4 Å². The average Bonchev–Trinajstić information content (AvgIpc) is 2.30. The molecule has 0 amide bonds. The summed E-state index contributed by atoms with van der Waals surface area (Å²) in [6, 6.07) is 0. The highest BCUT2D eigenvalue weighted by molar-refractivity contribution is 5.27. The Morgan fingerprint density at radius 3 is 1.74 bits per heavy atom. The molecule has 0 aliphatic carbocycles. The van der Waals surface area contributed by atoms with E-state index in [4.69, 9.17) is 5.11 Å². The Balaban J connectivity index is 3.61. The first-order valence-corrected chi connectivity index (χ1v) is 5.74. The molecule has 0 aliphatic rings. The largest absolute Gasteiger partial charge is 0.436 e. The van der Waals surface area contributed by atoms with E-state index in [-0.39, 0.29) is 0 Å². The van der Waals surface area contributed by atoms with Gasteiger partial charge in [-0.1, -0.05) is 0 Å². The highest BCUT2D eigenvalue weighted by atomic mass is 19.4. The molecule has 0 fully saturated rings. The van der Waals surface area contributed by atoms with Gasteiger partial charge in [0.1, 0.15) is 5.92 Å². The number of halogens is 9. The van der Waals surface area contributed by atoms with E-state index in [0.717, 1.165) is 0 Å². The second kappa shape index (κ2) is 6.15. The van der Waals surface area contributed by atoms with Crippen molar-refractivity contribution in [1.29, 1.82) is 0 Å². The van der Waals surface area contributed by atoms with Gasteiger partial charge in [0.05, 0.1) is 17.8 Å². The Hall–Kier alpha value is -1.56. The molecule has 1 heterocycles. The van der Waals surface area contributed by atoms with E-state index in [1.807, 2.05) is 4.98 Å². The van der Waals surface area contributed by atoms with Gasteiger partial charge < -0.3 is 10.2 Å². The third kappa shape index (κ3) is 3.86. The van der Waals surface area contributed by atoms with E-state index in [1.54, 1.807) is 0 Å². The summed E-state index contributed by atoms with van der Waals surface area (Å²) in [6.45, 7) is 0.486. The molecule has 1 aromatic heterocycles. The molecular weight excluding hydrogens is 349 g/mol. The van der Waals surface area contributed by atoms with Crippen LogP contribution >= 0.6 is 0 Å². The zero-order valence-corrected chi connectivity index (χ0v) is 11.0. The van der Waals surface area contributed by atoms with Crippen LogP contribution in [-0.4, -0.2) is 27.5 Å². The minimum Gasteiger partial charge on any atom is -0.393 e. The van der Waals surface area contributed by atoms with Crippen LogP contribution < -0.4 is 0 Å². The van der Waals surface area contributed by atoms with Crippen LogP contribution in [0.15, 0.2) is 0 Å². The predicted octanol–water partition coefficient (Wildman–Crippen LogP) is 3.11. The minimum atomic E-state index is -5.65. The number of aromatic nitrogens is 1. The first-order chi connectivity index (χ1) is 10.2. The fraction of sp³-hybridized carbons (Fsp3) is 0.545. The molecule has 0 saturated heterocycles. The fourth-order valence-corrected chi connectivity index (χ4v) is 1.87. The maximum Gasteiger partial charge on any atom is 0.436 e. The molecule has 0 spiro atoms. The molecular formula is C11H8F9NO2. The topological polar surface area (TPSA) is 53.4 Å². The molecule has 0 radical (unpaired) electrons. The monoisotopic (exact) mass is 357 g/mol. The van der Waals surface area contributed by atoms with Crippen molar-refractivity contribution < 1.29 is 49.7 Å². The zero-order valence-electron chi connectivity index (χ0n) is 11.0. The summed E-state index contributed by atoms with van der Waals surface area (Å²) < 4.78 is 116. The first-order valence-electron chi connectivity index (χ1n) is 5.74. The second-order valence-electron chi connectivity index (χ2n) is 4.54. The Labute approximate surface area is 122 Å². The van der Waals surface area contributed by atoms with E-state index in [1.165, 1.54) is 0 Å². The van der Waals surface area contributed by atoms with Gasteiger partial charge in [-0.3, -0.25) is 0 Å². The van der Waals surface area contributed by atoms with Gasteiger partial charge in [0.15, 0.2) is 17.3 Å². The average molecular weight is 357 g/mol. The lowest BCUT2D eigenvalue weighted by Gasteiger charge is -2.28. The smallest absolute Gasteiger partial charge is 0.393 e. The number of hydrogen-bond donors (Lipinski definition) is 2. The molecule has 23 heavy (non-hydrogen) atoms. The van der Waals surface area contributed by atoms with Crippen LogP contribution in [0, 0.1) is 23.5 Å². The molecule has 1 aromatic rings. The number of aliphatic hydroxyl groups is 2. The number of alkyl halides is 6. The van der Waals surface area contributed by atoms with Gasteiger partial charge in [-0.05, 0) is 6.92 Å². The molecule has 0 aromatic carbocycles. The van der Waals surface area contributed by atoms with Gasteiger partial charge in [-0.15, -0.1) is 0 Å². The second-order valence-corrected chi connectivity index (χ2v) is 4.54. The van der Waals surface area contributed by atoms with E-state index < -0.39 is 59.3 Å². The molecule has 12 heteroatoms. The van der Waals surface area contributed by atoms with E-state index in [0.29, 0.717) is 6.92 Å². The highest BCUT2D eigenvalue weighted by Crippen LogP contribution is 2.42. The summed E-state index contributed by atoms with van der Waals surface area (Å²) >= 11 is 0. The van der Waals surface area contributed by atoms with Crippen molar-refractivity contribution in [2.75, 3.05) is 0 Å². The number of rotatable bonds is 3. The van der Waals surface area contributed by atoms with Crippen molar-refractivity contribution in [3.05, 3.63) is 28.8 Å². The van der Waals surface area contributed by atoms with Crippen molar-refractivity contribution in [1.82, 2.24) is 4.98 Å². The van der Waals surface area contributed by atoms with Gasteiger partial charge in [0.2, 0.25) is 5.95 Å². The number of nitrogens with zero attached hydrogens (tertiary/aromatic N) is 1. The maximum atomic E-state index is 13.7. The van der Waals surface area contributed by atoms with Crippen LogP contribution in [0.5, 0.6) is 0 Å². The van der Waals surface area contributed by atoms with Crippen LogP contribution in [0.25, 0.3) is 0 Å². The lowest BCUT2D eigenvalue weighted by atomic mass is 9.90. The lowest BCUT2D eigenvalue weighted by Crippen LogP contribution is -2.38. The third-order valence-electron chi connectivity index (χ3n) is 2.87. The van der Waals surface area contributed by atoms with Crippen molar-refractivity contribution in [2.45, 2.75) is 31.5 Å². The molecule has 3 unspecified atom stereocenters. The fourth-order valence-electron chi connectivity index (χ4n) is 1.87. The summed E-state index contributed by atoms with van der Waals surface area (Å²) in [5.41, 5.74) is -4.84. The summed E-state index contributed by atoms with van der Waals surface area (Å²) in [7, 11) is 0. The van der Waals surface area contributed by atoms with Crippen LogP contribution in [-0.2, 0) is 6.18 Å². The van der Waals surface area contributed by atoms with Gasteiger partial charge in [0, 0.05) is 0 Å². The van der Waals surface area contributed by atoms with E-state index in [9.17, 15) is 44.6 Å². The molecule has 0 saturated carbocycles. The van der Waals surface area contributed by atoms with Gasteiger partial charge in [-0.2, -0.15) is 30.7 Å². The van der Waals surface area contributed by atoms with E-state index >= 15 is 0 Å². The van der Waals surface area contributed by atoms with Crippen LogP contribution in [0.1, 0.15) is 24.3 Å². The van der Waals surface area contributed by atoms with Crippen molar-refractivity contribution in [3.8, 4) is 0 Å². The third-order valence-corrected chi connectivity index (χ3v) is 2.87. The molecule has 0 bridgehead atoms. The van der Waals surface area contributed by atoms with E-state index in [2.05, 4.69) is 0 Å². The molecule has 2 N–H and O–H groups in total. The Bertz CT molecular complexity index is 582. The SMILES string of the molecule is CC(O)C(C(O)c1c(F)c(F)nc(C(F)(F)F)c1F)C(F)(F)F. The lowest BCUT2D eigenvalue weighted by molar-refractivity contribution is -0.225. The quantitative estimate of drug-likeness (QED) is 0.646. The number of pyridine rings is 1. The molecule has 3 atom stereocenters. The van der Waals surface area contributed by atoms with Crippen molar-refractivity contribution >= 4 is 0 Å². The molecule has 132 valence electrons. The summed E-state index contributed by atoms with van der Waals surface area (Å²) in [6.07, 6.45) is -16.9. The Kier molecular flexibility index (Phi) is 5.21. The van der Waals surface area contributed by atoms with Crippen LogP contribution in [0.3, 0.4) is 0 Å². The van der Waals surface area contributed by atoms with Gasteiger partial charge in [0.25, 0.3) is 0 Å². The minimum absolute atomic E-state index is 0.486.